The summed E-state index contributed by atoms with van der Waals surface area (Å²) in [5.41, 5.74) is 4.76. The summed E-state index contributed by atoms with van der Waals surface area (Å²) in [4.78, 5) is 36.0. The Morgan fingerprint density at radius 3 is 2.26 bits per heavy atom. The van der Waals surface area contributed by atoms with Crippen molar-refractivity contribution in [3.05, 3.63) is 59.7 Å². The number of hydrogen-bond acceptors (Lipinski definition) is 4. The standard InChI is InChI=1S/C28H32N2O5/c31-26(29-15-18-6-5-11-20(18)27(32)33)14-17-12-19(13-17)30-28(34)35-16-25-23-9-3-1-7-21(23)22-8-2-4-10-24(22)25/h1-4,7-10,17-20,25H,5-6,11-16H2,(H,29,31)(H,30,34)(H,32,33). The SMILES string of the molecule is O=C(CC1CC(NC(=O)OCC2c3ccccc3-c3ccccc32)C1)NCC1CCCC1C(=O)O. The van der Waals surface area contributed by atoms with Gasteiger partial charge >= 0.3 is 12.1 Å². The van der Waals surface area contributed by atoms with Crippen LogP contribution in [0, 0.1) is 17.8 Å². The van der Waals surface area contributed by atoms with E-state index in [0.717, 1.165) is 25.7 Å². The predicted octanol–water partition coefficient (Wildman–Crippen LogP) is 4.31. The van der Waals surface area contributed by atoms with Crippen LogP contribution in [-0.4, -0.2) is 42.3 Å². The van der Waals surface area contributed by atoms with Crippen LogP contribution >= 0.6 is 0 Å². The number of carboxylic acids is 1. The fourth-order valence-corrected chi connectivity index (χ4v) is 6.01. The minimum atomic E-state index is -0.761. The molecule has 5 rings (SSSR count). The molecule has 2 unspecified atom stereocenters. The van der Waals surface area contributed by atoms with Gasteiger partial charge in [0.25, 0.3) is 0 Å². The summed E-state index contributed by atoms with van der Waals surface area (Å²) < 4.78 is 5.61. The molecule has 0 aliphatic heterocycles. The van der Waals surface area contributed by atoms with Gasteiger partial charge in [0.05, 0.1) is 5.92 Å². The van der Waals surface area contributed by atoms with Crippen LogP contribution in [0.25, 0.3) is 11.1 Å². The zero-order valence-corrected chi connectivity index (χ0v) is 19.7. The van der Waals surface area contributed by atoms with Gasteiger partial charge in [0, 0.05) is 24.9 Å². The second-order valence-corrected chi connectivity index (χ2v) is 10.1. The van der Waals surface area contributed by atoms with E-state index in [1.54, 1.807) is 0 Å². The lowest BCUT2D eigenvalue weighted by molar-refractivity contribution is -0.143. The molecule has 3 aliphatic carbocycles. The Bertz CT molecular complexity index is 1060. The normalized spacial score (nSPS) is 24.7. The highest BCUT2D eigenvalue weighted by Crippen LogP contribution is 2.44. The number of rotatable bonds is 8. The number of carboxylic acid groups (broad SMARTS) is 1. The first-order valence-electron chi connectivity index (χ1n) is 12.6. The van der Waals surface area contributed by atoms with E-state index in [1.807, 2.05) is 24.3 Å². The monoisotopic (exact) mass is 476 g/mol. The zero-order valence-electron chi connectivity index (χ0n) is 19.7. The largest absolute Gasteiger partial charge is 0.481 e. The van der Waals surface area contributed by atoms with Gasteiger partial charge in [-0.25, -0.2) is 4.79 Å². The van der Waals surface area contributed by atoms with Gasteiger partial charge in [0.1, 0.15) is 6.61 Å². The highest BCUT2D eigenvalue weighted by atomic mass is 16.5. The van der Waals surface area contributed by atoms with Gasteiger partial charge in [-0.2, -0.15) is 0 Å². The number of amides is 2. The lowest BCUT2D eigenvalue weighted by atomic mass is 9.78. The highest BCUT2D eigenvalue weighted by Gasteiger charge is 2.35. The molecule has 7 nitrogen and oxygen atoms in total. The van der Waals surface area contributed by atoms with Gasteiger partial charge in [-0.15, -0.1) is 0 Å². The van der Waals surface area contributed by atoms with Crippen LogP contribution in [0.2, 0.25) is 0 Å². The average molecular weight is 477 g/mol. The minimum absolute atomic E-state index is 0.0228. The molecule has 2 atom stereocenters. The van der Waals surface area contributed by atoms with E-state index in [4.69, 9.17) is 4.74 Å². The Hall–Kier alpha value is -3.35. The van der Waals surface area contributed by atoms with Gasteiger partial charge in [0.2, 0.25) is 5.91 Å². The first kappa shape index (κ1) is 23.4. The molecule has 2 aromatic carbocycles. The third-order valence-electron chi connectivity index (χ3n) is 7.91. The van der Waals surface area contributed by atoms with Crippen LogP contribution in [0.3, 0.4) is 0 Å². The lowest BCUT2D eigenvalue weighted by Gasteiger charge is -2.35. The highest BCUT2D eigenvalue weighted by molar-refractivity contribution is 5.79. The van der Waals surface area contributed by atoms with Crippen LogP contribution in [0.1, 0.15) is 55.6 Å². The summed E-state index contributed by atoms with van der Waals surface area (Å²) in [5, 5.41) is 15.1. The number of nitrogens with one attached hydrogen (secondary N) is 2. The second-order valence-electron chi connectivity index (χ2n) is 10.1. The molecular weight excluding hydrogens is 444 g/mol. The van der Waals surface area contributed by atoms with Crippen molar-refractivity contribution in [1.29, 1.82) is 0 Å². The molecule has 2 fully saturated rings. The molecule has 0 heterocycles. The summed E-state index contributed by atoms with van der Waals surface area (Å²) in [6.45, 7) is 0.723. The van der Waals surface area contributed by atoms with Gasteiger partial charge in [0.15, 0.2) is 0 Å². The van der Waals surface area contributed by atoms with E-state index in [2.05, 4.69) is 34.9 Å². The van der Waals surface area contributed by atoms with Crippen LogP contribution in [0.5, 0.6) is 0 Å². The minimum Gasteiger partial charge on any atom is -0.481 e. The van der Waals surface area contributed by atoms with Crippen molar-refractivity contribution in [1.82, 2.24) is 10.6 Å². The number of aliphatic carboxylic acids is 1. The van der Waals surface area contributed by atoms with Crippen LogP contribution in [0.4, 0.5) is 4.79 Å². The summed E-state index contributed by atoms with van der Waals surface area (Å²) >= 11 is 0. The van der Waals surface area contributed by atoms with E-state index >= 15 is 0 Å². The third kappa shape index (κ3) is 5.04. The van der Waals surface area contributed by atoms with Crippen molar-refractivity contribution in [2.75, 3.05) is 13.2 Å². The van der Waals surface area contributed by atoms with Crippen molar-refractivity contribution >= 4 is 18.0 Å². The third-order valence-corrected chi connectivity index (χ3v) is 7.91. The molecule has 2 amide bonds. The van der Waals surface area contributed by atoms with Crippen molar-refractivity contribution < 1.29 is 24.2 Å². The Labute approximate surface area is 205 Å². The molecule has 2 aromatic rings. The maximum Gasteiger partial charge on any atom is 0.407 e. The first-order chi connectivity index (χ1) is 17.0. The summed E-state index contributed by atoms with van der Waals surface area (Å²) in [6, 6.07) is 16.5. The number of ether oxygens (including phenoxy) is 1. The second kappa shape index (κ2) is 10.1. The fraction of sp³-hybridized carbons (Fsp3) is 0.464. The summed E-state index contributed by atoms with van der Waals surface area (Å²) in [5.74, 6) is -0.849. The van der Waals surface area contributed by atoms with Crippen molar-refractivity contribution in [2.24, 2.45) is 17.8 Å². The summed E-state index contributed by atoms with van der Waals surface area (Å²) in [6.07, 6.45) is 3.95. The van der Waals surface area contributed by atoms with E-state index < -0.39 is 12.1 Å². The maximum absolute atomic E-state index is 12.4. The molecule has 35 heavy (non-hydrogen) atoms. The lowest BCUT2D eigenvalue weighted by Crippen LogP contribution is -2.46. The van der Waals surface area contributed by atoms with Crippen LogP contribution in [-0.2, 0) is 14.3 Å². The number of hydrogen-bond donors (Lipinski definition) is 3. The van der Waals surface area contributed by atoms with Gasteiger partial charge < -0.3 is 20.5 Å². The zero-order chi connectivity index (χ0) is 24.4. The molecular formula is C28H32N2O5. The Kier molecular flexibility index (Phi) is 6.75. The molecule has 2 saturated carbocycles. The van der Waals surface area contributed by atoms with E-state index in [9.17, 15) is 19.5 Å². The Balaban J connectivity index is 1.03. The quantitative estimate of drug-likeness (QED) is 0.527. The first-order valence-corrected chi connectivity index (χ1v) is 12.6. The average Bonchev–Trinajstić information content (AvgIpc) is 3.43. The molecule has 184 valence electrons. The van der Waals surface area contributed by atoms with E-state index in [1.165, 1.54) is 22.3 Å². The summed E-state index contributed by atoms with van der Waals surface area (Å²) in [7, 11) is 0. The number of alkyl carbamates (subject to hydrolysis) is 1. The van der Waals surface area contributed by atoms with Gasteiger partial charge in [-0.1, -0.05) is 55.0 Å². The maximum atomic E-state index is 12.4. The molecule has 3 N–H and O–H groups in total. The van der Waals surface area contributed by atoms with Crippen LogP contribution in [0.15, 0.2) is 48.5 Å². The topological polar surface area (TPSA) is 105 Å². The predicted molar refractivity (Wildman–Crippen MR) is 131 cm³/mol. The Morgan fingerprint density at radius 2 is 1.60 bits per heavy atom. The number of carbonyl (C=O) groups excluding carboxylic acids is 2. The van der Waals surface area contributed by atoms with Gasteiger partial charge in [-0.3, -0.25) is 9.59 Å². The van der Waals surface area contributed by atoms with Crippen molar-refractivity contribution in [3.63, 3.8) is 0 Å². The molecule has 0 aromatic heterocycles. The van der Waals surface area contributed by atoms with Crippen LogP contribution < -0.4 is 10.6 Å². The molecule has 0 bridgehead atoms. The van der Waals surface area contributed by atoms with E-state index in [0.29, 0.717) is 19.4 Å². The number of benzene rings is 2. The molecule has 3 aliphatic rings. The van der Waals surface area contributed by atoms with Crippen molar-refractivity contribution in [2.45, 2.75) is 50.5 Å². The van der Waals surface area contributed by atoms with E-state index in [-0.39, 0.29) is 42.2 Å². The molecule has 0 spiro atoms. The smallest absolute Gasteiger partial charge is 0.407 e. The fourth-order valence-electron chi connectivity index (χ4n) is 6.01. The Morgan fingerprint density at radius 1 is 0.943 bits per heavy atom. The van der Waals surface area contributed by atoms with Gasteiger partial charge in [-0.05, 0) is 59.8 Å². The number of fused-ring (bicyclic) bond motifs is 3. The van der Waals surface area contributed by atoms with Crippen molar-refractivity contribution in [3.8, 4) is 11.1 Å². The number of carbonyl (C=O) groups is 3. The molecule has 0 saturated heterocycles. The molecule has 7 heteroatoms. The molecule has 0 radical (unpaired) electrons.